The van der Waals surface area contributed by atoms with Gasteiger partial charge < -0.3 is 4.42 Å². The first-order chi connectivity index (χ1) is 9.47. The molecule has 0 unspecified atom stereocenters. The van der Waals surface area contributed by atoms with E-state index in [1.807, 2.05) is 18.2 Å². The summed E-state index contributed by atoms with van der Waals surface area (Å²) in [7, 11) is 0. The zero-order valence-electron chi connectivity index (χ0n) is 12.5. The molecule has 0 saturated carbocycles. The third-order valence-corrected chi connectivity index (χ3v) is 3.84. The average Bonchev–Trinajstić information content (AvgIpc) is 2.76. The third-order valence-electron chi connectivity index (χ3n) is 3.84. The second-order valence-electron chi connectivity index (χ2n) is 6.38. The van der Waals surface area contributed by atoms with E-state index in [2.05, 4.69) is 58.0 Å². The van der Waals surface area contributed by atoms with Crippen molar-refractivity contribution in [3.05, 3.63) is 59.7 Å². The van der Waals surface area contributed by atoms with Gasteiger partial charge in [-0.05, 0) is 30.0 Å². The first-order valence-electron chi connectivity index (χ1n) is 7.06. The van der Waals surface area contributed by atoms with Crippen LogP contribution in [-0.4, -0.2) is 0 Å². The number of aryl methyl sites for hydroxylation is 1. The molecule has 0 saturated heterocycles. The van der Waals surface area contributed by atoms with E-state index in [1.165, 1.54) is 16.5 Å². The molecule has 0 atom stereocenters. The molecule has 1 aromatic heterocycles. The molecule has 1 heterocycles. The lowest BCUT2D eigenvalue weighted by molar-refractivity contribution is 0.590. The zero-order chi connectivity index (χ0) is 14.3. The van der Waals surface area contributed by atoms with E-state index in [-0.39, 0.29) is 5.41 Å². The summed E-state index contributed by atoms with van der Waals surface area (Å²) in [6, 6.07) is 16.8. The first kappa shape index (κ1) is 13.0. The second-order valence-corrected chi connectivity index (χ2v) is 6.38. The van der Waals surface area contributed by atoms with Crippen LogP contribution >= 0.6 is 0 Å². The topological polar surface area (TPSA) is 13.1 Å². The Labute approximate surface area is 120 Å². The van der Waals surface area contributed by atoms with Gasteiger partial charge in [-0.25, -0.2) is 0 Å². The molecule has 1 heteroatoms. The van der Waals surface area contributed by atoms with Gasteiger partial charge in [0.05, 0.1) is 0 Å². The summed E-state index contributed by atoms with van der Waals surface area (Å²) in [4.78, 5) is 0. The number of hydrogen-bond donors (Lipinski definition) is 0. The molecular weight excluding hydrogens is 244 g/mol. The summed E-state index contributed by atoms with van der Waals surface area (Å²) in [6.07, 6.45) is 0. The maximum Gasteiger partial charge on any atom is 0.138 e. The maximum atomic E-state index is 6.05. The van der Waals surface area contributed by atoms with Crippen LogP contribution in [0.15, 0.2) is 52.9 Å². The Bertz CT molecular complexity index is 743. The van der Waals surface area contributed by atoms with Crippen molar-refractivity contribution in [1.29, 1.82) is 0 Å². The third kappa shape index (κ3) is 2.14. The fourth-order valence-corrected chi connectivity index (χ4v) is 2.55. The minimum atomic E-state index is 0.158. The molecule has 2 aromatic carbocycles. The second kappa shape index (κ2) is 4.52. The molecular formula is C19H20O. The molecule has 0 aliphatic rings. The Morgan fingerprint density at radius 3 is 2.25 bits per heavy atom. The Hall–Kier alpha value is -2.02. The van der Waals surface area contributed by atoms with Crippen LogP contribution in [0, 0.1) is 6.92 Å². The Morgan fingerprint density at radius 1 is 0.900 bits per heavy atom. The summed E-state index contributed by atoms with van der Waals surface area (Å²) in [5, 5.41) is 1.22. The Kier molecular flexibility index (Phi) is 2.93. The zero-order valence-corrected chi connectivity index (χ0v) is 12.5. The van der Waals surface area contributed by atoms with Gasteiger partial charge in [0.15, 0.2) is 0 Å². The molecule has 3 aromatic rings. The smallest absolute Gasteiger partial charge is 0.138 e. The molecule has 0 N–H and O–H groups in total. The molecule has 20 heavy (non-hydrogen) atoms. The van der Waals surface area contributed by atoms with E-state index in [0.717, 1.165) is 16.9 Å². The van der Waals surface area contributed by atoms with Gasteiger partial charge >= 0.3 is 0 Å². The van der Waals surface area contributed by atoms with Crippen molar-refractivity contribution in [2.45, 2.75) is 33.1 Å². The van der Waals surface area contributed by atoms with Crippen LogP contribution in [0.25, 0.3) is 22.3 Å². The van der Waals surface area contributed by atoms with Gasteiger partial charge in [-0.15, -0.1) is 0 Å². The monoisotopic (exact) mass is 264 g/mol. The molecule has 0 radical (unpaired) electrons. The highest BCUT2D eigenvalue weighted by Gasteiger charge is 2.17. The summed E-state index contributed by atoms with van der Waals surface area (Å²) in [6.45, 7) is 8.85. The van der Waals surface area contributed by atoms with Crippen LogP contribution < -0.4 is 0 Å². The standard InChI is InChI=1S/C19H20O/c1-13-16-12-15(19(2,3)4)10-11-17(16)20-18(13)14-8-6-5-7-9-14/h5-12H,1-4H3. The largest absolute Gasteiger partial charge is 0.456 e. The van der Waals surface area contributed by atoms with Gasteiger partial charge in [0.25, 0.3) is 0 Å². The van der Waals surface area contributed by atoms with Crippen LogP contribution in [0.2, 0.25) is 0 Å². The van der Waals surface area contributed by atoms with Crippen molar-refractivity contribution in [2.75, 3.05) is 0 Å². The van der Waals surface area contributed by atoms with Crippen LogP contribution in [0.1, 0.15) is 31.9 Å². The molecule has 102 valence electrons. The van der Waals surface area contributed by atoms with Crippen LogP contribution in [0.4, 0.5) is 0 Å². The minimum Gasteiger partial charge on any atom is -0.456 e. The summed E-state index contributed by atoms with van der Waals surface area (Å²) in [5.74, 6) is 0.978. The number of rotatable bonds is 1. The molecule has 0 spiro atoms. The van der Waals surface area contributed by atoms with E-state index in [1.54, 1.807) is 0 Å². The summed E-state index contributed by atoms with van der Waals surface area (Å²) >= 11 is 0. The minimum absolute atomic E-state index is 0.158. The Morgan fingerprint density at radius 2 is 1.60 bits per heavy atom. The lowest BCUT2D eigenvalue weighted by atomic mass is 9.86. The van der Waals surface area contributed by atoms with E-state index < -0.39 is 0 Å². The molecule has 0 amide bonds. The fourth-order valence-electron chi connectivity index (χ4n) is 2.55. The lowest BCUT2D eigenvalue weighted by Gasteiger charge is -2.18. The molecule has 0 fully saturated rings. The van der Waals surface area contributed by atoms with Gasteiger partial charge in [0.1, 0.15) is 11.3 Å². The van der Waals surface area contributed by atoms with Crippen LogP contribution in [0.5, 0.6) is 0 Å². The predicted molar refractivity (Wildman–Crippen MR) is 85.1 cm³/mol. The fraction of sp³-hybridized carbons (Fsp3) is 0.263. The quantitative estimate of drug-likeness (QED) is 0.549. The first-order valence-corrected chi connectivity index (χ1v) is 7.06. The van der Waals surface area contributed by atoms with Gasteiger partial charge in [-0.1, -0.05) is 57.2 Å². The lowest BCUT2D eigenvalue weighted by Crippen LogP contribution is -2.10. The van der Waals surface area contributed by atoms with Crippen molar-refractivity contribution in [3.63, 3.8) is 0 Å². The number of furan rings is 1. The van der Waals surface area contributed by atoms with Gasteiger partial charge in [0.2, 0.25) is 0 Å². The molecule has 1 nitrogen and oxygen atoms in total. The highest BCUT2D eigenvalue weighted by molar-refractivity contribution is 5.88. The van der Waals surface area contributed by atoms with E-state index in [9.17, 15) is 0 Å². The van der Waals surface area contributed by atoms with E-state index in [0.29, 0.717) is 0 Å². The highest BCUT2D eigenvalue weighted by Crippen LogP contribution is 2.35. The van der Waals surface area contributed by atoms with Crippen molar-refractivity contribution in [2.24, 2.45) is 0 Å². The molecule has 0 aliphatic heterocycles. The van der Waals surface area contributed by atoms with E-state index >= 15 is 0 Å². The highest BCUT2D eigenvalue weighted by atomic mass is 16.3. The molecule has 0 bridgehead atoms. The van der Waals surface area contributed by atoms with E-state index in [4.69, 9.17) is 4.42 Å². The maximum absolute atomic E-state index is 6.05. The van der Waals surface area contributed by atoms with Crippen molar-refractivity contribution < 1.29 is 4.42 Å². The average molecular weight is 264 g/mol. The normalized spacial score (nSPS) is 12.0. The summed E-state index contributed by atoms with van der Waals surface area (Å²) in [5.41, 5.74) is 4.82. The number of benzene rings is 2. The Balaban J connectivity index is 2.21. The van der Waals surface area contributed by atoms with Crippen molar-refractivity contribution in [3.8, 4) is 11.3 Å². The SMILES string of the molecule is Cc1c(-c2ccccc2)oc2ccc(C(C)(C)C)cc12. The summed E-state index contributed by atoms with van der Waals surface area (Å²) < 4.78 is 6.05. The van der Waals surface area contributed by atoms with Gasteiger partial charge in [-0.3, -0.25) is 0 Å². The van der Waals surface area contributed by atoms with Crippen molar-refractivity contribution >= 4 is 11.0 Å². The van der Waals surface area contributed by atoms with Crippen LogP contribution in [0.3, 0.4) is 0 Å². The predicted octanol–water partition coefficient (Wildman–Crippen LogP) is 5.71. The number of hydrogen-bond acceptors (Lipinski definition) is 1. The molecule has 0 aliphatic carbocycles. The van der Waals surface area contributed by atoms with Crippen molar-refractivity contribution in [1.82, 2.24) is 0 Å². The van der Waals surface area contributed by atoms with Gasteiger partial charge in [0, 0.05) is 16.5 Å². The number of fused-ring (bicyclic) bond motifs is 1. The van der Waals surface area contributed by atoms with Crippen LogP contribution in [-0.2, 0) is 5.41 Å². The molecule has 3 rings (SSSR count). The van der Waals surface area contributed by atoms with Gasteiger partial charge in [-0.2, -0.15) is 0 Å².